The largest absolute Gasteiger partial charge is 0.497 e. The van der Waals surface area contributed by atoms with Gasteiger partial charge >= 0.3 is 0 Å². The van der Waals surface area contributed by atoms with Crippen LogP contribution in [-0.2, 0) is 4.79 Å². The van der Waals surface area contributed by atoms with Gasteiger partial charge in [-0.2, -0.15) is 5.10 Å². The molecule has 0 fully saturated rings. The van der Waals surface area contributed by atoms with Gasteiger partial charge in [-0.05, 0) is 47.7 Å². The molecule has 0 aliphatic heterocycles. The molecule has 25 heavy (non-hydrogen) atoms. The average Bonchev–Trinajstić information content (AvgIpc) is 2.61. The summed E-state index contributed by atoms with van der Waals surface area (Å²) in [6.45, 7) is 6.11. The van der Waals surface area contributed by atoms with E-state index in [4.69, 9.17) is 9.47 Å². The predicted molar refractivity (Wildman–Crippen MR) is 99.5 cm³/mol. The Morgan fingerprint density at radius 3 is 2.76 bits per heavy atom. The van der Waals surface area contributed by atoms with Crippen molar-refractivity contribution in [2.24, 2.45) is 5.10 Å². The monoisotopic (exact) mass is 340 g/mol. The van der Waals surface area contributed by atoms with Gasteiger partial charge in [0.1, 0.15) is 11.5 Å². The minimum absolute atomic E-state index is 0.0855. The second kappa shape index (κ2) is 8.87. The van der Waals surface area contributed by atoms with E-state index >= 15 is 0 Å². The van der Waals surface area contributed by atoms with E-state index in [1.54, 1.807) is 13.3 Å². The van der Waals surface area contributed by atoms with Crippen LogP contribution in [-0.4, -0.2) is 25.8 Å². The van der Waals surface area contributed by atoms with E-state index in [0.29, 0.717) is 5.92 Å². The lowest BCUT2D eigenvalue weighted by Crippen LogP contribution is -2.24. The van der Waals surface area contributed by atoms with Crippen LogP contribution >= 0.6 is 0 Å². The van der Waals surface area contributed by atoms with Crippen molar-refractivity contribution in [3.05, 3.63) is 59.2 Å². The highest BCUT2D eigenvalue weighted by Gasteiger charge is 2.07. The zero-order valence-electron chi connectivity index (χ0n) is 15.1. The van der Waals surface area contributed by atoms with Gasteiger partial charge in [0, 0.05) is 0 Å². The second-order valence-corrected chi connectivity index (χ2v) is 6.04. The number of hydrogen-bond acceptors (Lipinski definition) is 4. The summed E-state index contributed by atoms with van der Waals surface area (Å²) in [5, 5.41) is 3.94. The van der Waals surface area contributed by atoms with Crippen LogP contribution in [0, 0.1) is 6.92 Å². The van der Waals surface area contributed by atoms with E-state index in [2.05, 4.69) is 30.4 Å². The number of nitrogens with zero attached hydrogens (tertiary/aromatic N) is 1. The first-order valence-corrected chi connectivity index (χ1v) is 8.19. The van der Waals surface area contributed by atoms with Crippen LogP contribution in [0.5, 0.6) is 11.5 Å². The smallest absolute Gasteiger partial charge is 0.277 e. The van der Waals surface area contributed by atoms with Crippen LogP contribution in [0.4, 0.5) is 0 Å². The van der Waals surface area contributed by atoms with E-state index < -0.39 is 0 Å². The van der Waals surface area contributed by atoms with Crippen LogP contribution in [0.25, 0.3) is 0 Å². The number of ether oxygens (including phenoxy) is 2. The summed E-state index contributed by atoms with van der Waals surface area (Å²) < 4.78 is 10.8. The molecule has 0 heterocycles. The molecule has 2 aromatic rings. The van der Waals surface area contributed by atoms with Gasteiger partial charge in [-0.15, -0.1) is 0 Å². The summed E-state index contributed by atoms with van der Waals surface area (Å²) >= 11 is 0. The molecule has 0 aliphatic carbocycles. The lowest BCUT2D eigenvalue weighted by Gasteiger charge is -2.12. The molecule has 132 valence electrons. The standard InChI is InChI=1S/C20H24N2O3/c1-14(2)17-9-8-15(3)19(11-17)25-13-20(23)22-21-12-16-6-5-7-18(10-16)24-4/h5-12,14H,13H2,1-4H3,(H,22,23). The lowest BCUT2D eigenvalue weighted by atomic mass is 10.0. The molecule has 0 radical (unpaired) electrons. The molecule has 0 saturated heterocycles. The first-order chi connectivity index (χ1) is 12.0. The van der Waals surface area contributed by atoms with Crippen LogP contribution in [0.15, 0.2) is 47.6 Å². The Morgan fingerprint density at radius 1 is 1.24 bits per heavy atom. The van der Waals surface area contributed by atoms with Crippen LogP contribution in [0.1, 0.15) is 36.5 Å². The van der Waals surface area contributed by atoms with Gasteiger partial charge in [-0.3, -0.25) is 4.79 Å². The van der Waals surface area contributed by atoms with E-state index in [1.165, 1.54) is 5.56 Å². The highest BCUT2D eigenvalue weighted by Crippen LogP contribution is 2.24. The van der Waals surface area contributed by atoms with Crippen molar-refractivity contribution in [2.45, 2.75) is 26.7 Å². The molecular weight excluding hydrogens is 316 g/mol. The number of rotatable bonds is 7. The molecule has 5 nitrogen and oxygen atoms in total. The Kier molecular flexibility index (Phi) is 6.57. The van der Waals surface area contributed by atoms with Crippen molar-refractivity contribution in [1.29, 1.82) is 0 Å². The molecular formula is C20H24N2O3. The molecule has 0 aromatic heterocycles. The third kappa shape index (κ3) is 5.64. The molecule has 0 unspecified atom stereocenters. The maximum absolute atomic E-state index is 11.9. The van der Waals surface area contributed by atoms with Crippen molar-refractivity contribution in [3.8, 4) is 11.5 Å². The summed E-state index contributed by atoms with van der Waals surface area (Å²) in [6, 6.07) is 13.5. The summed E-state index contributed by atoms with van der Waals surface area (Å²) in [4.78, 5) is 11.9. The van der Waals surface area contributed by atoms with Crippen LogP contribution in [0.2, 0.25) is 0 Å². The van der Waals surface area contributed by atoms with Gasteiger partial charge in [-0.25, -0.2) is 5.43 Å². The van der Waals surface area contributed by atoms with Crippen LogP contribution < -0.4 is 14.9 Å². The molecule has 5 heteroatoms. The Bertz CT molecular complexity index is 754. The number of benzene rings is 2. The van der Waals surface area contributed by atoms with Crippen molar-refractivity contribution < 1.29 is 14.3 Å². The average molecular weight is 340 g/mol. The summed E-state index contributed by atoms with van der Waals surface area (Å²) in [6.07, 6.45) is 1.56. The lowest BCUT2D eigenvalue weighted by molar-refractivity contribution is -0.123. The number of carbonyl (C=O) groups excluding carboxylic acids is 1. The molecule has 0 saturated carbocycles. The summed E-state index contributed by atoms with van der Waals surface area (Å²) in [7, 11) is 1.60. The number of hydrazone groups is 1. The molecule has 0 aliphatic rings. The predicted octanol–water partition coefficient (Wildman–Crippen LogP) is 3.66. The SMILES string of the molecule is COc1cccc(C=NNC(=O)COc2cc(C(C)C)ccc2C)c1. The van der Waals surface area contributed by atoms with Crippen molar-refractivity contribution >= 4 is 12.1 Å². The highest BCUT2D eigenvalue weighted by atomic mass is 16.5. The molecule has 0 spiro atoms. The fourth-order valence-electron chi connectivity index (χ4n) is 2.21. The Balaban J connectivity index is 1.88. The van der Waals surface area contributed by atoms with E-state index in [0.717, 1.165) is 22.6 Å². The number of amides is 1. The number of hydrogen-bond donors (Lipinski definition) is 1. The van der Waals surface area contributed by atoms with Gasteiger partial charge in [0.2, 0.25) is 0 Å². The fraction of sp³-hybridized carbons (Fsp3) is 0.300. The fourth-order valence-corrected chi connectivity index (χ4v) is 2.21. The quantitative estimate of drug-likeness (QED) is 0.618. The van der Waals surface area contributed by atoms with Gasteiger partial charge in [0.15, 0.2) is 6.61 Å². The number of methoxy groups -OCH3 is 1. The Labute approximate surface area is 148 Å². The number of aryl methyl sites for hydroxylation is 1. The van der Waals surface area contributed by atoms with Gasteiger partial charge < -0.3 is 9.47 Å². The third-order valence-electron chi connectivity index (χ3n) is 3.73. The third-order valence-corrected chi connectivity index (χ3v) is 3.73. The molecule has 1 amide bonds. The topological polar surface area (TPSA) is 59.9 Å². The molecule has 1 N–H and O–H groups in total. The normalized spacial score (nSPS) is 10.9. The molecule has 0 atom stereocenters. The van der Waals surface area contributed by atoms with Gasteiger partial charge in [-0.1, -0.05) is 38.1 Å². The zero-order valence-corrected chi connectivity index (χ0v) is 15.1. The number of nitrogens with one attached hydrogen (secondary N) is 1. The Morgan fingerprint density at radius 2 is 2.04 bits per heavy atom. The molecule has 2 rings (SSSR count). The van der Waals surface area contributed by atoms with E-state index in [9.17, 15) is 4.79 Å². The van der Waals surface area contributed by atoms with E-state index in [-0.39, 0.29) is 12.5 Å². The van der Waals surface area contributed by atoms with Gasteiger partial charge in [0.25, 0.3) is 5.91 Å². The van der Waals surface area contributed by atoms with Crippen LogP contribution in [0.3, 0.4) is 0 Å². The maximum atomic E-state index is 11.9. The van der Waals surface area contributed by atoms with Gasteiger partial charge in [0.05, 0.1) is 13.3 Å². The summed E-state index contributed by atoms with van der Waals surface area (Å²) in [5.74, 6) is 1.55. The summed E-state index contributed by atoms with van der Waals surface area (Å²) in [5.41, 5.74) is 5.47. The minimum atomic E-state index is -0.312. The zero-order chi connectivity index (χ0) is 18.2. The molecule has 0 bridgehead atoms. The second-order valence-electron chi connectivity index (χ2n) is 6.04. The first-order valence-electron chi connectivity index (χ1n) is 8.19. The van der Waals surface area contributed by atoms with E-state index in [1.807, 2.05) is 43.3 Å². The molecule has 2 aromatic carbocycles. The van der Waals surface area contributed by atoms with Crippen molar-refractivity contribution in [1.82, 2.24) is 5.43 Å². The minimum Gasteiger partial charge on any atom is -0.497 e. The Hall–Kier alpha value is -2.82. The highest BCUT2D eigenvalue weighted by molar-refractivity contribution is 5.83. The maximum Gasteiger partial charge on any atom is 0.277 e. The number of carbonyl (C=O) groups is 1. The van der Waals surface area contributed by atoms with Crippen molar-refractivity contribution in [2.75, 3.05) is 13.7 Å². The van der Waals surface area contributed by atoms with Crippen molar-refractivity contribution in [3.63, 3.8) is 0 Å². The first kappa shape index (κ1) is 18.5.